The molecule has 1 atom stereocenters. The minimum Gasteiger partial charge on any atom is -0.395 e. The molecule has 0 fully saturated rings. The Balaban J connectivity index is -0.000000228. The van der Waals surface area contributed by atoms with Gasteiger partial charge >= 0.3 is 10.4 Å². The summed E-state index contributed by atoms with van der Waals surface area (Å²) in [6.07, 6.45) is 11.3. The molecule has 0 spiro atoms. The summed E-state index contributed by atoms with van der Waals surface area (Å²) < 4.78 is 37.8. The zero-order chi connectivity index (χ0) is 29.2. The maximum absolute atomic E-state index is 10.2. The van der Waals surface area contributed by atoms with Gasteiger partial charge in [-0.2, -0.15) is 8.42 Å². The van der Waals surface area contributed by atoms with Crippen molar-refractivity contribution in [3.05, 3.63) is 0 Å². The van der Waals surface area contributed by atoms with Crippen LogP contribution in [0.5, 0.6) is 0 Å². The van der Waals surface area contributed by atoms with Gasteiger partial charge in [0.05, 0.1) is 39.1 Å². The lowest BCUT2D eigenvalue weighted by molar-refractivity contribution is 0.110. The van der Waals surface area contributed by atoms with E-state index in [1.807, 2.05) is 13.8 Å². The smallest absolute Gasteiger partial charge is 0.395 e. The number of aliphatic hydroxyl groups excluding tert-OH is 5. The number of nitrogens with zero attached hydrogens (tertiary/aromatic N) is 1. The number of hydrogen-bond acceptors (Lipinski definition) is 10. The zero-order valence-corrected chi connectivity index (χ0v) is 24.7. The van der Waals surface area contributed by atoms with E-state index in [-0.39, 0.29) is 33.0 Å². The minimum absolute atomic E-state index is 0.0694. The molecular weight excluding hydrogens is 506 g/mol. The SMILES string of the molecule is CC(O)CO.CCCCCCCCCCCCOS(=O)(=O)O.CCOCC.OCCN(CCO)CCO. The van der Waals surface area contributed by atoms with E-state index in [4.69, 9.17) is 34.8 Å². The highest BCUT2D eigenvalue weighted by molar-refractivity contribution is 7.80. The van der Waals surface area contributed by atoms with Gasteiger partial charge in [-0.15, -0.1) is 0 Å². The van der Waals surface area contributed by atoms with E-state index in [9.17, 15) is 8.42 Å². The molecule has 0 radical (unpaired) electrons. The summed E-state index contributed by atoms with van der Waals surface area (Å²) in [4.78, 5) is 1.79. The van der Waals surface area contributed by atoms with Crippen LogP contribution in [0.4, 0.5) is 0 Å². The van der Waals surface area contributed by atoms with Crippen molar-refractivity contribution in [1.29, 1.82) is 0 Å². The van der Waals surface area contributed by atoms with E-state index in [2.05, 4.69) is 11.1 Å². The lowest BCUT2D eigenvalue weighted by atomic mass is 10.1. The van der Waals surface area contributed by atoms with Gasteiger partial charge < -0.3 is 30.3 Å². The summed E-state index contributed by atoms with van der Waals surface area (Å²) in [6, 6.07) is 0. The van der Waals surface area contributed by atoms with Crippen LogP contribution in [0, 0.1) is 0 Å². The summed E-state index contributed by atoms with van der Waals surface area (Å²) in [5.41, 5.74) is 0. The highest BCUT2D eigenvalue weighted by atomic mass is 32.3. The van der Waals surface area contributed by atoms with Gasteiger partial charge in [-0.3, -0.25) is 9.45 Å². The van der Waals surface area contributed by atoms with Gasteiger partial charge in [-0.25, -0.2) is 4.18 Å². The molecular formula is C25H59NO10S. The quantitative estimate of drug-likeness (QED) is 0.0889. The Morgan fingerprint density at radius 3 is 1.30 bits per heavy atom. The van der Waals surface area contributed by atoms with Crippen molar-refractivity contribution in [2.75, 3.05) is 65.9 Å². The molecule has 1 unspecified atom stereocenters. The first kappa shape index (κ1) is 43.6. The van der Waals surface area contributed by atoms with Crippen LogP contribution < -0.4 is 0 Å². The second-order valence-corrected chi connectivity index (χ2v) is 9.35. The van der Waals surface area contributed by atoms with Gasteiger partial charge in [0.25, 0.3) is 0 Å². The van der Waals surface area contributed by atoms with E-state index >= 15 is 0 Å². The molecule has 0 amide bonds. The fraction of sp³-hybridized carbons (Fsp3) is 1.00. The van der Waals surface area contributed by atoms with Crippen LogP contribution in [0.25, 0.3) is 0 Å². The van der Waals surface area contributed by atoms with E-state index in [1.54, 1.807) is 4.90 Å². The molecule has 6 N–H and O–H groups in total. The lowest BCUT2D eigenvalue weighted by Crippen LogP contribution is -2.32. The van der Waals surface area contributed by atoms with Crippen LogP contribution in [0.15, 0.2) is 0 Å². The van der Waals surface area contributed by atoms with Crippen LogP contribution in [-0.2, 0) is 19.3 Å². The standard InChI is InChI=1S/C12H26O4S.C6H15NO3.C4H10O.C3H8O2/c1-2-3-4-5-6-7-8-9-10-11-12-16-17(13,14)15;8-4-1-7(2-5-9)3-6-10;1-3-5-4-2;1-3(5)2-4/h2-12H2,1H3,(H,13,14,15);8-10H,1-6H2;3-4H2,1-2H3;3-5H,2H2,1H3. The van der Waals surface area contributed by atoms with Crippen molar-refractivity contribution in [2.45, 2.75) is 98.0 Å². The monoisotopic (exact) mass is 565 g/mol. The summed E-state index contributed by atoms with van der Waals surface area (Å²) in [6.45, 7) is 11.1. The third kappa shape index (κ3) is 56.8. The summed E-state index contributed by atoms with van der Waals surface area (Å²) in [7, 11) is -4.23. The van der Waals surface area contributed by atoms with Crippen molar-refractivity contribution in [3.8, 4) is 0 Å². The molecule has 11 nitrogen and oxygen atoms in total. The first-order chi connectivity index (χ1) is 17.6. The fourth-order valence-electron chi connectivity index (χ4n) is 2.72. The van der Waals surface area contributed by atoms with E-state index in [0.717, 1.165) is 26.1 Å². The highest BCUT2D eigenvalue weighted by Gasteiger charge is 2.02. The van der Waals surface area contributed by atoms with Crippen LogP contribution >= 0.6 is 0 Å². The fourth-order valence-corrected chi connectivity index (χ4v) is 3.05. The molecule has 0 aliphatic carbocycles. The Kier molecular flexibility index (Phi) is 44.5. The summed E-state index contributed by atoms with van der Waals surface area (Å²) in [5, 5.41) is 41.5. The average molecular weight is 566 g/mol. The summed E-state index contributed by atoms with van der Waals surface area (Å²) >= 11 is 0. The molecule has 0 aromatic rings. The van der Waals surface area contributed by atoms with E-state index in [0.29, 0.717) is 26.1 Å². The molecule has 0 aromatic heterocycles. The average Bonchev–Trinajstić information content (AvgIpc) is 2.84. The molecule has 0 aliphatic rings. The Morgan fingerprint density at radius 1 is 0.703 bits per heavy atom. The molecule has 37 heavy (non-hydrogen) atoms. The highest BCUT2D eigenvalue weighted by Crippen LogP contribution is 2.10. The van der Waals surface area contributed by atoms with Crippen LogP contribution in [0.3, 0.4) is 0 Å². The Hall–Kier alpha value is -0.410. The molecule has 230 valence electrons. The molecule has 12 heteroatoms. The molecule has 0 aromatic carbocycles. The third-order valence-electron chi connectivity index (χ3n) is 4.65. The molecule has 0 bridgehead atoms. The van der Waals surface area contributed by atoms with Gasteiger partial charge in [0.1, 0.15) is 0 Å². The Bertz CT molecular complexity index is 466. The van der Waals surface area contributed by atoms with Crippen molar-refractivity contribution < 1.29 is 47.4 Å². The molecule has 0 saturated carbocycles. The number of ether oxygens (including phenoxy) is 1. The maximum Gasteiger partial charge on any atom is 0.397 e. The van der Waals surface area contributed by atoms with Crippen LogP contribution in [-0.4, -0.2) is 115 Å². The molecule has 0 saturated heterocycles. The van der Waals surface area contributed by atoms with Gasteiger partial charge in [-0.05, 0) is 27.2 Å². The Morgan fingerprint density at radius 2 is 1.05 bits per heavy atom. The van der Waals surface area contributed by atoms with Gasteiger partial charge in [0, 0.05) is 32.8 Å². The van der Waals surface area contributed by atoms with Crippen molar-refractivity contribution >= 4 is 10.4 Å². The number of unbranched alkanes of at least 4 members (excludes halogenated alkanes) is 9. The number of rotatable bonds is 21. The lowest BCUT2D eigenvalue weighted by Gasteiger charge is -2.17. The van der Waals surface area contributed by atoms with Crippen LogP contribution in [0.1, 0.15) is 91.9 Å². The largest absolute Gasteiger partial charge is 0.397 e. The van der Waals surface area contributed by atoms with Gasteiger partial charge in [0.15, 0.2) is 0 Å². The van der Waals surface area contributed by atoms with Crippen molar-refractivity contribution in [2.24, 2.45) is 0 Å². The van der Waals surface area contributed by atoms with Gasteiger partial charge in [0.2, 0.25) is 0 Å². The second kappa shape index (κ2) is 37.7. The zero-order valence-electron chi connectivity index (χ0n) is 23.9. The van der Waals surface area contributed by atoms with Gasteiger partial charge in [-0.1, -0.05) is 64.7 Å². The topological polar surface area (TPSA) is 177 Å². The van der Waals surface area contributed by atoms with Crippen molar-refractivity contribution in [1.82, 2.24) is 4.90 Å². The molecule has 0 heterocycles. The molecule has 0 aliphatic heterocycles. The van der Waals surface area contributed by atoms with Crippen LogP contribution in [0.2, 0.25) is 0 Å². The van der Waals surface area contributed by atoms with Crippen molar-refractivity contribution in [3.63, 3.8) is 0 Å². The minimum atomic E-state index is -4.23. The normalized spacial score (nSPS) is 11.5. The predicted molar refractivity (Wildman–Crippen MR) is 148 cm³/mol. The number of hydrogen-bond donors (Lipinski definition) is 6. The Labute approximate surface area is 226 Å². The summed E-state index contributed by atoms with van der Waals surface area (Å²) in [5.74, 6) is 0. The predicted octanol–water partition coefficient (Wildman–Crippen LogP) is 2.39. The second-order valence-electron chi connectivity index (χ2n) is 8.26. The van der Waals surface area contributed by atoms with E-state index in [1.165, 1.54) is 51.9 Å². The first-order valence-electron chi connectivity index (χ1n) is 13.6. The third-order valence-corrected chi connectivity index (χ3v) is 5.12. The maximum atomic E-state index is 10.2. The van der Waals surface area contributed by atoms with E-state index < -0.39 is 16.5 Å². The first-order valence-corrected chi connectivity index (χ1v) is 15.0. The number of aliphatic hydroxyl groups is 5. The molecule has 0 rings (SSSR count).